The number of aliphatic hydroxyl groups is 1. The second-order valence-corrected chi connectivity index (χ2v) is 13.7. The van der Waals surface area contributed by atoms with Crippen LogP contribution in [0.4, 0.5) is 0 Å². The molecule has 1 aromatic carbocycles. The van der Waals surface area contributed by atoms with Crippen LogP contribution >= 0.6 is 0 Å². The lowest BCUT2D eigenvalue weighted by Crippen LogP contribution is -2.45. The predicted octanol–water partition coefficient (Wildman–Crippen LogP) is 4.52. The highest BCUT2D eigenvalue weighted by Gasteiger charge is 2.38. The third-order valence-corrected chi connectivity index (χ3v) is 10.1. The molecule has 0 saturated carbocycles. The fraction of sp³-hybridized carbons (Fsp3) is 0.714. The van der Waals surface area contributed by atoms with E-state index >= 15 is 0 Å². The van der Waals surface area contributed by atoms with Gasteiger partial charge in [-0.15, -0.1) is 0 Å². The molecule has 1 N–H and O–H groups in total. The molecular formula is C21H36O4Si. The first kappa shape index (κ1) is 21.6. The summed E-state index contributed by atoms with van der Waals surface area (Å²) in [6.45, 7) is 13.1. The average molecular weight is 381 g/mol. The molecule has 3 atom stereocenters. The highest BCUT2D eigenvalue weighted by molar-refractivity contribution is 6.74. The van der Waals surface area contributed by atoms with Crippen LogP contribution in [0.3, 0.4) is 0 Å². The Bertz CT molecular complexity index is 527. The van der Waals surface area contributed by atoms with Crippen LogP contribution in [-0.4, -0.2) is 44.9 Å². The molecule has 1 aliphatic heterocycles. The molecular weight excluding hydrogens is 344 g/mol. The van der Waals surface area contributed by atoms with Gasteiger partial charge in [-0.05, 0) is 36.5 Å². The zero-order valence-corrected chi connectivity index (χ0v) is 18.0. The first-order valence-electron chi connectivity index (χ1n) is 9.76. The van der Waals surface area contributed by atoms with Crippen molar-refractivity contribution in [3.63, 3.8) is 0 Å². The summed E-state index contributed by atoms with van der Waals surface area (Å²) in [6, 6.07) is 10.2. The molecule has 0 spiro atoms. The van der Waals surface area contributed by atoms with E-state index < -0.39 is 8.32 Å². The molecule has 1 fully saturated rings. The van der Waals surface area contributed by atoms with Crippen molar-refractivity contribution in [3.8, 4) is 0 Å². The summed E-state index contributed by atoms with van der Waals surface area (Å²) in [7, 11) is -1.79. The normalized spacial score (nSPS) is 24.6. The summed E-state index contributed by atoms with van der Waals surface area (Å²) in [5.74, 6) is 0. The van der Waals surface area contributed by atoms with Gasteiger partial charge < -0.3 is 19.0 Å². The van der Waals surface area contributed by atoms with Crippen LogP contribution in [0.15, 0.2) is 30.3 Å². The minimum atomic E-state index is -1.79. The Labute approximate surface area is 160 Å². The third kappa shape index (κ3) is 6.78. The van der Waals surface area contributed by atoms with Crippen molar-refractivity contribution in [1.82, 2.24) is 0 Å². The van der Waals surface area contributed by atoms with Crippen LogP contribution in [0.5, 0.6) is 0 Å². The van der Waals surface area contributed by atoms with Gasteiger partial charge in [0.05, 0.1) is 31.5 Å². The van der Waals surface area contributed by atoms with E-state index in [4.69, 9.17) is 13.9 Å². The van der Waals surface area contributed by atoms with Gasteiger partial charge >= 0.3 is 0 Å². The highest BCUT2D eigenvalue weighted by Crippen LogP contribution is 2.37. The lowest BCUT2D eigenvalue weighted by Gasteiger charge is -2.39. The topological polar surface area (TPSA) is 47.9 Å². The maximum Gasteiger partial charge on any atom is 0.192 e. The number of aliphatic hydroxyl groups excluding tert-OH is 1. The first-order chi connectivity index (χ1) is 12.2. The van der Waals surface area contributed by atoms with Crippen molar-refractivity contribution in [2.75, 3.05) is 13.2 Å². The van der Waals surface area contributed by atoms with Gasteiger partial charge in [-0.1, -0.05) is 51.1 Å². The Kier molecular flexibility index (Phi) is 7.86. The monoisotopic (exact) mass is 380 g/mol. The van der Waals surface area contributed by atoms with Gasteiger partial charge in [-0.2, -0.15) is 0 Å². The van der Waals surface area contributed by atoms with Crippen LogP contribution in [0.2, 0.25) is 18.1 Å². The molecule has 1 saturated heterocycles. The van der Waals surface area contributed by atoms with E-state index in [9.17, 15) is 5.11 Å². The molecule has 0 radical (unpaired) electrons. The van der Waals surface area contributed by atoms with E-state index in [2.05, 4.69) is 46.0 Å². The lowest BCUT2D eigenvalue weighted by molar-refractivity contribution is -0.117. The van der Waals surface area contributed by atoms with Crippen molar-refractivity contribution in [1.29, 1.82) is 0 Å². The Morgan fingerprint density at radius 2 is 1.77 bits per heavy atom. The van der Waals surface area contributed by atoms with Gasteiger partial charge in [-0.3, -0.25) is 0 Å². The largest absolute Gasteiger partial charge is 0.414 e. The molecule has 148 valence electrons. The second-order valence-electron chi connectivity index (χ2n) is 8.90. The van der Waals surface area contributed by atoms with Crippen LogP contribution in [0.25, 0.3) is 0 Å². The van der Waals surface area contributed by atoms with Crippen LogP contribution in [0.1, 0.15) is 45.6 Å². The van der Waals surface area contributed by atoms with Crippen molar-refractivity contribution < 1.29 is 19.0 Å². The summed E-state index contributed by atoms with van der Waals surface area (Å²) < 4.78 is 18.2. The predicted molar refractivity (Wildman–Crippen MR) is 108 cm³/mol. The van der Waals surface area contributed by atoms with Gasteiger partial charge in [0.2, 0.25) is 0 Å². The van der Waals surface area contributed by atoms with Crippen molar-refractivity contribution in [3.05, 3.63) is 35.9 Å². The summed E-state index contributed by atoms with van der Waals surface area (Å²) >= 11 is 0. The quantitative estimate of drug-likeness (QED) is 0.532. The zero-order valence-electron chi connectivity index (χ0n) is 17.0. The maximum atomic E-state index is 10.2. The number of benzene rings is 1. The van der Waals surface area contributed by atoms with Crippen molar-refractivity contribution in [2.45, 2.75) is 83.1 Å². The van der Waals surface area contributed by atoms with E-state index in [1.807, 2.05) is 18.2 Å². The molecule has 0 bridgehead atoms. The zero-order chi connectivity index (χ0) is 19.2. The minimum absolute atomic E-state index is 0.0213. The molecule has 0 aliphatic carbocycles. The minimum Gasteiger partial charge on any atom is -0.414 e. The van der Waals surface area contributed by atoms with Crippen LogP contribution in [-0.2, 0) is 20.5 Å². The fourth-order valence-electron chi connectivity index (χ4n) is 2.88. The Morgan fingerprint density at radius 1 is 1.12 bits per heavy atom. The van der Waals surface area contributed by atoms with Gasteiger partial charge in [0.25, 0.3) is 0 Å². The van der Waals surface area contributed by atoms with Crippen molar-refractivity contribution in [2.24, 2.45) is 0 Å². The van der Waals surface area contributed by atoms with Crippen LogP contribution < -0.4 is 0 Å². The first-order valence-corrected chi connectivity index (χ1v) is 12.7. The molecule has 1 aromatic rings. The van der Waals surface area contributed by atoms with Gasteiger partial charge in [0, 0.05) is 13.0 Å². The van der Waals surface area contributed by atoms with Crippen LogP contribution in [0, 0.1) is 0 Å². The number of hydrogen-bond donors (Lipinski definition) is 1. The molecule has 1 aliphatic rings. The molecule has 0 unspecified atom stereocenters. The average Bonchev–Trinajstić information content (AvgIpc) is 2.57. The number of hydrogen-bond acceptors (Lipinski definition) is 4. The SMILES string of the molecule is CC(C)(C)[Si](C)(C)OC[C@H]1C[C@H](O)C[C@@H](CCOCc2ccccc2)O1. The van der Waals surface area contributed by atoms with E-state index in [1.54, 1.807) is 0 Å². The summed E-state index contributed by atoms with van der Waals surface area (Å²) in [5, 5.41) is 10.4. The summed E-state index contributed by atoms with van der Waals surface area (Å²) in [5.41, 5.74) is 1.18. The van der Waals surface area contributed by atoms with E-state index in [-0.39, 0.29) is 23.4 Å². The van der Waals surface area contributed by atoms with Gasteiger partial charge in [-0.25, -0.2) is 0 Å². The maximum absolute atomic E-state index is 10.2. The standard InChI is InChI=1S/C21H36O4Si/c1-21(2,3)26(4,5)24-16-20-14-18(22)13-19(25-20)11-12-23-15-17-9-7-6-8-10-17/h6-10,18-20,22H,11-16H2,1-5H3/t18-,19-,20-/m1/s1. The molecule has 4 nitrogen and oxygen atoms in total. The van der Waals surface area contributed by atoms with Crippen molar-refractivity contribution >= 4 is 8.32 Å². The smallest absolute Gasteiger partial charge is 0.192 e. The van der Waals surface area contributed by atoms with E-state index in [1.165, 1.54) is 5.56 Å². The second kappa shape index (κ2) is 9.47. The Hall–Kier alpha value is -0.723. The summed E-state index contributed by atoms with van der Waals surface area (Å²) in [6.07, 6.45) is 1.87. The molecule has 2 rings (SSSR count). The van der Waals surface area contributed by atoms with Gasteiger partial charge in [0.1, 0.15) is 0 Å². The van der Waals surface area contributed by atoms with E-state index in [0.29, 0.717) is 32.7 Å². The Morgan fingerprint density at radius 3 is 2.42 bits per heavy atom. The van der Waals surface area contributed by atoms with E-state index in [0.717, 1.165) is 6.42 Å². The molecule has 5 heteroatoms. The lowest BCUT2D eigenvalue weighted by atomic mass is 9.99. The fourth-order valence-corrected chi connectivity index (χ4v) is 3.91. The summed E-state index contributed by atoms with van der Waals surface area (Å²) in [4.78, 5) is 0. The molecule has 0 aromatic heterocycles. The number of ether oxygens (including phenoxy) is 2. The molecule has 1 heterocycles. The molecule has 26 heavy (non-hydrogen) atoms. The number of rotatable bonds is 8. The third-order valence-electron chi connectivity index (χ3n) is 5.59. The highest BCUT2D eigenvalue weighted by atomic mass is 28.4. The molecule has 0 amide bonds. The van der Waals surface area contributed by atoms with Gasteiger partial charge in [0.15, 0.2) is 8.32 Å². The Balaban J connectivity index is 1.73.